The van der Waals surface area contributed by atoms with Crippen molar-refractivity contribution in [3.8, 4) is 0 Å². The van der Waals surface area contributed by atoms with Crippen molar-refractivity contribution in [3.05, 3.63) is 106 Å². The lowest BCUT2D eigenvalue weighted by Crippen LogP contribution is -2.29. The van der Waals surface area contributed by atoms with E-state index in [1.165, 1.54) is 0 Å². The zero-order chi connectivity index (χ0) is 17.9. The van der Waals surface area contributed by atoms with Crippen LogP contribution in [0.2, 0.25) is 0 Å². The summed E-state index contributed by atoms with van der Waals surface area (Å²) in [5.74, 6) is 0.546. The lowest BCUT2D eigenvalue weighted by Gasteiger charge is -2.17. The zero-order valence-electron chi connectivity index (χ0n) is 13.9. The minimum atomic E-state index is -0.372. The number of fused-ring (bicyclic) bond motifs is 1. The molecule has 26 heavy (non-hydrogen) atoms. The van der Waals surface area contributed by atoms with Gasteiger partial charge in [-0.15, -0.1) is 0 Å². The van der Waals surface area contributed by atoms with Crippen LogP contribution in [0.1, 0.15) is 27.7 Å². The van der Waals surface area contributed by atoms with Crippen molar-refractivity contribution >= 4 is 32.8 Å². The minimum Gasteiger partial charge on any atom is -0.459 e. The van der Waals surface area contributed by atoms with Crippen LogP contribution in [0.3, 0.4) is 0 Å². The molecule has 1 heterocycles. The Labute approximate surface area is 159 Å². The van der Waals surface area contributed by atoms with E-state index < -0.39 is 0 Å². The number of rotatable bonds is 4. The third-order valence-electron chi connectivity index (χ3n) is 4.26. The van der Waals surface area contributed by atoms with E-state index in [-0.39, 0.29) is 11.9 Å². The number of hydrogen-bond acceptors (Lipinski definition) is 2. The Morgan fingerprint density at radius 2 is 1.58 bits per heavy atom. The predicted octanol–water partition coefficient (Wildman–Crippen LogP) is 5.71. The van der Waals surface area contributed by atoms with Gasteiger partial charge in [0.2, 0.25) is 0 Å². The summed E-state index contributed by atoms with van der Waals surface area (Å²) in [7, 11) is 0. The maximum absolute atomic E-state index is 12.9. The summed E-state index contributed by atoms with van der Waals surface area (Å²) in [5, 5.41) is 4.12. The fourth-order valence-corrected chi connectivity index (χ4v) is 3.43. The average Bonchev–Trinajstić information content (AvgIpc) is 3.11. The fraction of sp³-hybridized carbons (Fsp3) is 0.0455. The molecule has 0 aliphatic heterocycles. The van der Waals surface area contributed by atoms with Gasteiger partial charge in [-0.05, 0) is 45.8 Å². The van der Waals surface area contributed by atoms with Crippen LogP contribution in [0.25, 0.3) is 11.0 Å². The Morgan fingerprint density at radius 3 is 2.35 bits per heavy atom. The van der Waals surface area contributed by atoms with Gasteiger partial charge in [-0.3, -0.25) is 4.79 Å². The first-order valence-electron chi connectivity index (χ1n) is 8.31. The monoisotopic (exact) mass is 405 g/mol. The summed E-state index contributed by atoms with van der Waals surface area (Å²) in [5.41, 5.74) is 2.36. The van der Waals surface area contributed by atoms with Gasteiger partial charge in [-0.1, -0.05) is 60.7 Å². The van der Waals surface area contributed by atoms with Crippen molar-refractivity contribution in [2.45, 2.75) is 6.04 Å². The Balaban J connectivity index is 1.74. The maximum Gasteiger partial charge on any atom is 0.253 e. The van der Waals surface area contributed by atoms with E-state index in [4.69, 9.17) is 4.42 Å². The van der Waals surface area contributed by atoms with E-state index in [1.807, 2.05) is 78.9 Å². The molecule has 4 rings (SSSR count). The van der Waals surface area contributed by atoms with E-state index in [0.29, 0.717) is 11.3 Å². The van der Waals surface area contributed by atoms with Crippen LogP contribution < -0.4 is 5.32 Å². The third kappa shape index (κ3) is 3.28. The van der Waals surface area contributed by atoms with Gasteiger partial charge in [0.1, 0.15) is 17.4 Å². The van der Waals surface area contributed by atoms with E-state index >= 15 is 0 Å². The lowest BCUT2D eigenvalue weighted by atomic mass is 10.0. The van der Waals surface area contributed by atoms with Gasteiger partial charge in [-0.25, -0.2) is 0 Å². The Morgan fingerprint density at radius 1 is 0.885 bits per heavy atom. The molecule has 0 fully saturated rings. The molecule has 0 radical (unpaired) electrons. The Hall–Kier alpha value is -2.85. The summed E-state index contributed by atoms with van der Waals surface area (Å²) in [6, 6.07) is 26.6. The molecule has 4 aromatic rings. The summed E-state index contributed by atoms with van der Waals surface area (Å²) >= 11 is 3.44. The molecule has 1 aromatic heterocycles. The predicted molar refractivity (Wildman–Crippen MR) is 106 cm³/mol. The normalized spacial score (nSPS) is 12.0. The summed E-state index contributed by atoms with van der Waals surface area (Å²) in [6.07, 6.45) is 0. The highest BCUT2D eigenvalue weighted by molar-refractivity contribution is 9.10. The topological polar surface area (TPSA) is 42.2 Å². The highest BCUT2D eigenvalue weighted by Crippen LogP contribution is 2.29. The second kappa shape index (κ2) is 7.18. The quantitative estimate of drug-likeness (QED) is 0.471. The Kier molecular flexibility index (Phi) is 4.59. The molecule has 4 heteroatoms. The first-order valence-corrected chi connectivity index (χ1v) is 9.10. The minimum absolute atomic E-state index is 0.160. The maximum atomic E-state index is 12.9. The molecular weight excluding hydrogens is 390 g/mol. The van der Waals surface area contributed by atoms with Crippen LogP contribution in [0.15, 0.2) is 93.8 Å². The summed E-state index contributed by atoms with van der Waals surface area (Å²) in [6.45, 7) is 0. The highest BCUT2D eigenvalue weighted by atomic mass is 79.9. The summed E-state index contributed by atoms with van der Waals surface area (Å²) in [4.78, 5) is 12.9. The molecule has 0 unspecified atom stereocenters. The van der Waals surface area contributed by atoms with Crippen molar-refractivity contribution in [1.82, 2.24) is 5.32 Å². The summed E-state index contributed by atoms with van der Waals surface area (Å²) < 4.78 is 6.78. The number of carbonyl (C=O) groups is 1. The van der Waals surface area contributed by atoms with E-state index in [0.717, 1.165) is 21.0 Å². The van der Waals surface area contributed by atoms with Gasteiger partial charge in [-0.2, -0.15) is 0 Å². The molecule has 1 N–H and O–H groups in total. The second-order valence-corrected chi connectivity index (χ2v) is 6.84. The lowest BCUT2D eigenvalue weighted by molar-refractivity contribution is 0.0938. The first-order chi connectivity index (χ1) is 12.7. The van der Waals surface area contributed by atoms with Crippen LogP contribution >= 0.6 is 15.9 Å². The van der Waals surface area contributed by atoms with E-state index in [2.05, 4.69) is 21.2 Å². The molecule has 0 saturated heterocycles. The molecule has 0 aliphatic carbocycles. The van der Waals surface area contributed by atoms with Crippen molar-refractivity contribution < 1.29 is 9.21 Å². The van der Waals surface area contributed by atoms with Crippen LogP contribution in [-0.4, -0.2) is 5.91 Å². The third-order valence-corrected chi connectivity index (χ3v) is 4.95. The van der Waals surface area contributed by atoms with Gasteiger partial charge in [0.25, 0.3) is 5.91 Å². The van der Waals surface area contributed by atoms with Crippen LogP contribution in [-0.2, 0) is 0 Å². The number of nitrogens with one attached hydrogen (secondary N) is 1. The average molecular weight is 406 g/mol. The fourth-order valence-electron chi connectivity index (χ4n) is 2.96. The molecule has 128 valence electrons. The van der Waals surface area contributed by atoms with E-state index in [1.54, 1.807) is 6.07 Å². The van der Waals surface area contributed by atoms with E-state index in [9.17, 15) is 4.79 Å². The first kappa shape index (κ1) is 16.6. The highest BCUT2D eigenvalue weighted by Gasteiger charge is 2.22. The molecule has 3 nitrogen and oxygen atoms in total. The van der Waals surface area contributed by atoms with Gasteiger partial charge in [0, 0.05) is 9.86 Å². The number of amides is 1. The Bertz CT molecular complexity index is 1020. The van der Waals surface area contributed by atoms with Crippen LogP contribution in [0, 0.1) is 0 Å². The van der Waals surface area contributed by atoms with Gasteiger partial charge >= 0.3 is 0 Å². The zero-order valence-corrected chi connectivity index (χ0v) is 15.4. The molecule has 0 spiro atoms. The molecule has 0 saturated carbocycles. The second-order valence-electron chi connectivity index (χ2n) is 5.98. The standard InChI is InChI=1S/C22H16BrNO2/c23-18-12-6-5-11-17(18)22(25)24-21(15-8-2-1-3-9-15)20-14-16-10-4-7-13-19(16)26-20/h1-14,21H,(H,24,25)/t21-/m1/s1. The number of hydrogen-bond donors (Lipinski definition) is 1. The van der Waals surface area contributed by atoms with Crippen molar-refractivity contribution in [2.75, 3.05) is 0 Å². The largest absolute Gasteiger partial charge is 0.459 e. The smallest absolute Gasteiger partial charge is 0.253 e. The molecule has 1 atom stereocenters. The molecule has 0 aliphatic rings. The van der Waals surface area contributed by atoms with Crippen molar-refractivity contribution in [1.29, 1.82) is 0 Å². The number of carbonyl (C=O) groups excluding carboxylic acids is 1. The molecule has 3 aromatic carbocycles. The molecule has 0 bridgehead atoms. The number of furan rings is 1. The number of benzene rings is 3. The number of halogens is 1. The van der Waals surface area contributed by atoms with Crippen molar-refractivity contribution in [2.24, 2.45) is 0 Å². The van der Waals surface area contributed by atoms with Crippen LogP contribution in [0.4, 0.5) is 0 Å². The van der Waals surface area contributed by atoms with Gasteiger partial charge in [0.15, 0.2) is 0 Å². The molecule has 1 amide bonds. The van der Waals surface area contributed by atoms with Crippen LogP contribution in [0.5, 0.6) is 0 Å². The number of para-hydroxylation sites is 1. The van der Waals surface area contributed by atoms with Gasteiger partial charge < -0.3 is 9.73 Å². The van der Waals surface area contributed by atoms with Crippen molar-refractivity contribution in [3.63, 3.8) is 0 Å². The SMILES string of the molecule is O=C(N[C@H](c1ccccc1)c1cc2ccccc2o1)c1ccccc1Br. The van der Waals surface area contributed by atoms with Gasteiger partial charge in [0.05, 0.1) is 5.56 Å². The molecular formula is C22H16BrNO2.